The Hall–Kier alpha value is -3.10. The number of halogens is 2. The van der Waals surface area contributed by atoms with Gasteiger partial charge in [-0.25, -0.2) is 14.8 Å². The van der Waals surface area contributed by atoms with E-state index >= 15 is 0 Å². The SMILES string of the molecule is CC1Oc2cc(cnc2N)/C(NCC2CC2)=C(/C(=N)Cl)CC2NN(C)C=C2c2ccc(F)cc21. The number of nitrogens with two attached hydrogens (primary N) is 1. The lowest BCUT2D eigenvalue weighted by atomic mass is 9.89. The molecule has 3 aliphatic rings. The van der Waals surface area contributed by atoms with E-state index in [1.807, 2.05) is 31.2 Å². The Balaban J connectivity index is 1.70. The highest BCUT2D eigenvalue weighted by molar-refractivity contribution is 6.69. The summed E-state index contributed by atoms with van der Waals surface area (Å²) in [6.45, 7) is 2.67. The number of ether oxygens (including phenoxy) is 1. The van der Waals surface area contributed by atoms with Crippen molar-refractivity contribution >= 4 is 33.9 Å². The lowest BCUT2D eigenvalue weighted by Gasteiger charge is -2.26. The number of hydrazine groups is 1. The molecule has 0 radical (unpaired) electrons. The van der Waals surface area contributed by atoms with Gasteiger partial charge in [-0.3, -0.25) is 5.41 Å². The number of fused-ring (bicyclic) bond motifs is 5. The zero-order valence-electron chi connectivity index (χ0n) is 19.2. The summed E-state index contributed by atoms with van der Waals surface area (Å²) in [5, 5.41) is 13.8. The molecule has 7 nitrogen and oxygen atoms in total. The van der Waals surface area contributed by atoms with Crippen LogP contribution in [0.25, 0.3) is 11.3 Å². The van der Waals surface area contributed by atoms with Crippen LogP contribution in [-0.2, 0) is 0 Å². The second kappa shape index (κ2) is 8.92. The first kappa shape index (κ1) is 22.7. The first-order chi connectivity index (χ1) is 16.3. The van der Waals surface area contributed by atoms with Crippen LogP contribution in [0.5, 0.6) is 5.75 Å². The van der Waals surface area contributed by atoms with E-state index in [2.05, 4.69) is 15.7 Å². The van der Waals surface area contributed by atoms with Gasteiger partial charge in [-0.15, -0.1) is 0 Å². The molecule has 34 heavy (non-hydrogen) atoms. The third-order valence-electron chi connectivity index (χ3n) is 6.54. The predicted octanol–water partition coefficient (Wildman–Crippen LogP) is 4.43. The predicted molar refractivity (Wildman–Crippen MR) is 133 cm³/mol. The maximum absolute atomic E-state index is 14.3. The van der Waals surface area contributed by atoms with Crippen molar-refractivity contribution in [1.82, 2.24) is 20.7 Å². The summed E-state index contributed by atoms with van der Waals surface area (Å²) >= 11 is 6.39. The van der Waals surface area contributed by atoms with Gasteiger partial charge in [0.15, 0.2) is 11.6 Å². The van der Waals surface area contributed by atoms with Gasteiger partial charge in [0.05, 0.1) is 6.04 Å². The lowest BCUT2D eigenvalue weighted by molar-refractivity contribution is 0.226. The Morgan fingerprint density at radius 3 is 2.91 bits per heavy atom. The Labute approximate surface area is 203 Å². The van der Waals surface area contributed by atoms with Crippen molar-refractivity contribution in [3.63, 3.8) is 0 Å². The summed E-state index contributed by atoms with van der Waals surface area (Å²) in [6, 6.07) is 6.37. The minimum Gasteiger partial charge on any atom is -0.482 e. The smallest absolute Gasteiger partial charge is 0.166 e. The fourth-order valence-corrected chi connectivity index (χ4v) is 4.77. The van der Waals surface area contributed by atoms with Crippen LogP contribution >= 0.6 is 11.6 Å². The maximum atomic E-state index is 14.3. The molecule has 2 atom stereocenters. The van der Waals surface area contributed by atoms with Gasteiger partial charge in [0.25, 0.3) is 0 Å². The largest absolute Gasteiger partial charge is 0.482 e. The fourth-order valence-electron chi connectivity index (χ4n) is 4.59. The summed E-state index contributed by atoms with van der Waals surface area (Å²) in [7, 11) is 1.91. The number of hydrogen-bond acceptors (Lipinski definition) is 7. The third kappa shape index (κ3) is 4.48. The molecule has 2 aromatic rings. The van der Waals surface area contributed by atoms with Gasteiger partial charge in [0.1, 0.15) is 17.1 Å². The third-order valence-corrected chi connectivity index (χ3v) is 6.77. The van der Waals surface area contributed by atoms with Gasteiger partial charge in [0, 0.05) is 48.4 Å². The van der Waals surface area contributed by atoms with Crippen LogP contribution in [0.2, 0.25) is 0 Å². The van der Waals surface area contributed by atoms with E-state index in [0.717, 1.165) is 28.9 Å². The highest BCUT2D eigenvalue weighted by Crippen LogP contribution is 2.38. The van der Waals surface area contributed by atoms with Crippen LogP contribution in [0.4, 0.5) is 10.2 Å². The van der Waals surface area contributed by atoms with Crippen LogP contribution in [0, 0.1) is 17.1 Å². The molecular weight excluding hydrogens is 455 g/mol. The molecule has 9 heteroatoms. The minimum absolute atomic E-state index is 0.0435. The molecule has 178 valence electrons. The van der Waals surface area contributed by atoms with Crippen LogP contribution in [0.1, 0.15) is 49.0 Å². The van der Waals surface area contributed by atoms with Gasteiger partial charge in [-0.1, -0.05) is 17.7 Å². The molecule has 2 aliphatic heterocycles. The fraction of sp³-hybridized carbons (Fsp3) is 0.360. The van der Waals surface area contributed by atoms with Gasteiger partial charge in [0.2, 0.25) is 0 Å². The normalized spacial score (nSPS) is 24.2. The molecule has 1 aromatic carbocycles. The molecular formula is C25H28ClFN6O. The molecule has 1 aromatic heterocycles. The van der Waals surface area contributed by atoms with E-state index in [-0.39, 0.29) is 22.8 Å². The first-order valence-corrected chi connectivity index (χ1v) is 11.8. The number of anilines is 1. The van der Waals surface area contributed by atoms with Crippen LogP contribution in [0.15, 0.2) is 42.2 Å². The van der Waals surface area contributed by atoms with Gasteiger partial charge in [-0.05, 0) is 61.4 Å². The van der Waals surface area contributed by atoms with E-state index in [1.165, 1.54) is 25.0 Å². The second-order valence-electron chi connectivity index (χ2n) is 9.17. The Morgan fingerprint density at radius 2 is 2.18 bits per heavy atom. The number of hydrogen-bond donors (Lipinski definition) is 4. The van der Waals surface area contributed by atoms with Gasteiger partial charge >= 0.3 is 0 Å². The number of benzene rings is 1. The number of rotatable bonds is 4. The molecule has 1 aliphatic carbocycles. The number of aromatic nitrogens is 1. The topological polar surface area (TPSA) is 99.3 Å². The van der Waals surface area contributed by atoms with Crippen molar-refractivity contribution < 1.29 is 9.13 Å². The van der Waals surface area contributed by atoms with E-state index in [4.69, 9.17) is 27.5 Å². The summed E-state index contributed by atoms with van der Waals surface area (Å²) in [6.07, 6.45) is 6.02. The summed E-state index contributed by atoms with van der Waals surface area (Å²) in [5.74, 6) is 0.922. The van der Waals surface area contributed by atoms with Crippen molar-refractivity contribution in [2.24, 2.45) is 5.92 Å². The van der Waals surface area contributed by atoms with E-state index in [9.17, 15) is 4.39 Å². The number of nitrogens with one attached hydrogen (secondary N) is 3. The van der Waals surface area contributed by atoms with Crippen LogP contribution < -0.4 is 21.2 Å². The minimum atomic E-state index is -0.477. The molecule has 1 saturated carbocycles. The average Bonchev–Trinajstić information content (AvgIpc) is 3.55. The lowest BCUT2D eigenvalue weighted by Crippen LogP contribution is -2.34. The summed E-state index contributed by atoms with van der Waals surface area (Å²) in [4.78, 5) is 4.36. The average molecular weight is 483 g/mol. The molecule has 3 heterocycles. The molecule has 0 amide bonds. The Bertz CT molecular complexity index is 1210. The first-order valence-electron chi connectivity index (χ1n) is 11.4. The molecule has 0 saturated heterocycles. The monoisotopic (exact) mass is 482 g/mol. The zero-order chi connectivity index (χ0) is 24.0. The van der Waals surface area contributed by atoms with E-state index < -0.39 is 6.10 Å². The molecule has 1 fully saturated rings. The van der Waals surface area contributed by atoms with Crippen molar-refractivity contribution in [2.75, 3.05) is 19.3 Å². The summed E-state index contributed by atoms with van der Waals surface area (Å²) in [5.41, 5.74) is 14.3. The Morgan fingerprint density at radius 1 is 1.38 bits per heavy atom. The van der Waals surface area contributed by atoms with Crippen molar-refractivity contribution in [3.8, 4) is 5.75 Å². The van der Waals surface area contributed by atoms with E-state index in [0.29, 0.717) is 29.2 Å². The van der Waals surface area contributed by atoms with Gasteiger partial charge in [-0.2, -0.15) is 0 Å². The van der Waals surface area contributed by atoms with Crippen LogP contribution in [-0.4, -0.2) is 34.8 Å². The van der Waals surface area contributed by atoms with Crippen molar-refractivity contribution in [3.05, 3.63) is 64.7 Å². The number of pyridine rings is 1. The quantitative estimate of drug-likeness (QED) is 0.481. The van der Waals surface area contributed by atoms with Gasteiger partial charge < -0.3 is 20.8 Å². The number of nitrogen functional groups attached to an aromatic ring is 1. The molecule has 5 rings (SSSR count). The summed E-state index contributed by atoms with van der Waals surface area (Å²) < 4.78 is 20.6. The Kier molecular flexibility index (Phi) is 5.95. The number of nitrogens with zero attached hydrogens (tertiary/aromatic N) is 2. The molecule has 0 spiro atoms. The second-order valence-corrected chi connectivity index (χ2v) is 9.55. The molecule has 2 unspecified atom stereocenters. The maximum Gasteiger partial charge on any atom is 0.166 e. The van der Waals surface area contributed by atoms with Crippen molar-refractivity contribution in [1.29, 1.82) is 5.41 Å². The van der Waals surface area contributed by atoms with Crippen molar-refractivity contribution in [2.45, 2.75) is 38.3 Å². The molecule has 2 bridgehead atoms. The van der Waals surface area contributed by atoms with E-state index in [1.54, 1.807) is 12.3 Å². The van der Waals surface area contributed by atoms with Crippen LogP contribution in [0.3, 0.4) is 0 Å². The standard InChI is InChI=1S/C25H28ClFN6O/c1-13-18-8-16(27)5-6-17(18)20-12-33(2)32-21(20)9-19(24(26)28)23(30-10-14-3-4-14)15-7-22(34-13)25(29)31-11-15/h5-8,11-14,21,28,30,32H,3-4,9-10H2,1-2H3,(H2,29,31)/b23-19-,28-24?. The highest BCUT2D eigenvalue weighted by atomic mass is 35.5. The zero-order valence-corrected chi connectivity index (χ0v) is 19.9. The highest BCUT2D eigenvalue weighted by Gasteiger charge is 2.31. The molecule has 5 N–H and O–H groups in total.